The number of rotatable bonds is 1. The first-order valence-corrected chi connectivity index (χ1v) is 4.88. The minimum Gasteiger partial charge on any atom is -0.508 e. The van der Waals surface area contributed by atoms with Crippen molar-refractivity contribution in [3.05, 3.63) is 29.8 Å². The van der Waals surface area contributed by atoms with Gasteiger partial charge >= 0.3 is 0 Å². The number of benzene rings is 1. The number of hydrogen-bond donors (Lipinski definition) is 2. The Balaban J connectivity index is 2.10. The molecule has 0 bridgehead atoms. The molecule has 2 nitrogen and oxygen atoms in total. The first-order valence-electron chi connectivity index (χ1n) is 4.88. The van der Waals surface area contributed by atoms with Gasteiger partial charge in [0.15, 0.2) is 0 Å². The van der Waals surface area contributed by atoms with Crippen LogP contribution in [0, 0.1) is 0 Å². The van der Waals surface area contributed by atoms with Gasteiger partial charge < -0.3 is 10.4 Å². The highest BCUT2D eigenvalue weighted by Crippen LogP contribution is 2.23. The van der Waals surface area contributed by atoms with Crippen molar-refractivity contribution in [3.8, 4) is 5.75 Å². The molecule has 1 aliphatic heterocycles. The first-order chi connectivity index (χ1) is 6.36. The Morgan fingerprint density at radius 1 is 1.15 bits per heavy atom. The molecule has 70 valence electrons. The summed E-state index contributed by atoms with van der Waals surface area (Å²) >= 11 is 0. The van der Waals surface area contributed by atoms with Crippen LogP contribution in [0.2, 0.25) is 0 Å². The van der Waals surface area contributed by atoms with Crippen LogP contribution in [0.1, 0.15) is 30.9 Å². The average Bonchev–Trinajstić information content (AvgIpc) is 2.20. The maximum absolute atomic E-state index is 9.13. The summed E-state index contributed by atoms with van der Waals surface area (Å²) in [5, 5.41) is 12.6. The molecule has 1 aromatic carbocycles. The van der Waals surface area contributed by atoms with Crippen molar-refractivity contribution in [2.75, 3.05) is 6.54 Å². The van der Waals surface area contributed by atoms with Gasteiger partial charge in [-0.1, -0.05) is 18.6 Å². The molecule has 1 aromatic rings. The number of hydrogen-bond acceptors (Lipinski definition) is 2. The van der Waals surface area contributed by atoms with Crippen LogP contribution in [-0.2, 0) is 0 Å². The molecule has 0 unspecified atom stereocenters. The Hall–Kier alpha value is -1.02. The van der Waals surface area contributed by atoms with Gasteiger partial charge in [-0.2, -0.15) is 0 Å². The van der Waals surface area contributed by atoms with Gasteiger partial charge in [-0.25, -0.2) is 0 Å². The number of aromatic hydroxyl groups is 1. The quantitative estimate of drug-likeness (QED) is 0.689. The summed E-state index contributed by atoms with van der Waals surface area (Å²) in [6, 6.07) is 8.00. The van der Waals surface area contributed by atoms with E-state index in [1.807, 2.05) is 12.1 Å². The highest BCUT2D eigenvalue weighted by Gasteiger charge is 2.13. The van der Waals surface area contributed by atoms with Crippen molar-refractivity contribution in [3.63, 3.8) is 0 Å². The van der Waals surface area contributed by atoms with Gasteiger partial charge in [0.25, 0.3) is 0 Å². The van der Waals surface area contributed by atoms with Gasteiger partial charge in [0, 0.05) is 6.04 Å². The van der Waals surface area contributed by atoms with Crippen molar-refractivity contribution in [1.29, 1.82) is 0 Å². The highest BCUT2D eigenvalue weighted by atomic mass is 16.3. The molecule has 2 rings (SSSR count). The zero-order valence-electron chi connectivity index (χ0n) is 7.66. The van der Waals surface area contributed by atoms with E-state index < -0.39 is 0 Å². The molecule has 1 heterocycles. The van der Waals surface area contributed by atoms with Gasteiger partial charge in [0.2, 0.25) is 0 Å². The Labute approximate surface area is 78.6 Å². The predicted octanol–water partition coefficient (Wildman–Crippen LogP) is 2.21. The van der Waals surface area contributed by atoms with E-state index in [1.165, 1.54) is 24.8 Å². The molecule has 1 fully saturated rings. The van der Waals surface area contributed by atoms with Gasteiger partial charge in [-0.05, 0) is 37.1 Å². The Morgan fingerprint density at radius 2 is 1.92 bits per heavy atom. The molecule has 0 aromatic heterocycles. The minimum atomic E-state index is 0.347. The van der Waals surface area contributed by atoms with E-state index in [0.717, 1.165) is 6.54 Å². The van der Waals surface area contributed by atoms with E-state index in [4.69, 9.17) is 5.11 Å². The molecule has 0 spiro atoms. The second-order valence-electron chi connectivity index (χ2n) is 3.59. The van der Waals surface area contributed by atoms with E-state index in [9.17, 15) is 0 Å². The van der Waals surface area contributed by atoms with Crippen LogP contribution in [0.15, 0.2) is 24.3 Å². The molecule has 13 heavy (non-hydrogen) atoms. The normalized spacial score (nSPS) is 22.9. The summed E-state index contributed by atoms with van der Waals surface area (Å²) in [7, 11) is 0. The monoisotopic (exact) mass is 177 g/mol. The van der Waals surface area contributed by atoms with Crippen LogP contribution in [0.5, 0.6) is 5.75 Å². The average molecular weight is 177 g/mol. The van der Waals surface area contributed by atoms with E-state index in [1.54, 1.807) is 12.1 Å². The largest absolute Gasteiger partial charge is 0.508 e. The Morgan fingerprint density at radius 3 is 2.54 bits per heavy atom. The Kier molecular flexibility index (Phi) is 2.50. The lowest BCUT2D eigenvalue weighted by molar-refractivity contribution is 0.411. The predicted molar refractivity (Wildman–Crippen MR) is 52.7 cm³/mol. The molecule has 1 saturated heterocycles. The Bertz CT molecular complexity index is 262. The fraction of sp³-hybridized carbons (Fsp3) is 0.455. The van der Waals surface area contributed by atoms with Gasteiger partial charge in [0.1, 0.15) is 5.75 Å². The van der Waals surface area contributed by atoms with Crippen LogP contribution in [0.25, 0.3) is 0 Å². The highest BCUT2D eigenvalue weighted by molar-refractivity contribution is 5.28. The molecule has 2 heteroatoms. The lowest BCUT2D eigenvalue weighted by Gasteiger charge is -2.23. The van der Waals surface area contributed by atoms with Crippen LogP contribution < -0.4 is 5.32 Å². The molecule has 1 atom stereocenters. The number of phenolic OH excluding ortho intramolecular Hbond substituents is 1. The van der Waals surface area contributed by atoms with Gasteiger partial charge in [-0.3, -0.25) is 0 Å². The van der Waals surface area contributed by atoms with Crippen molar-refractivity contribution in [2.24, 2.45) is 0 Å². The fourth-order valence-electron chi connectivity index (χ4n) is 1.84. The molecule has 2 N–H and O–H groups in total. The smallest absolute Gasteiger partial charge is 0.115 e. The molecule has 0 amide bonds. The molecule has 0 saturated carbocycles. The molecule has 0 radical (unpaired) electrons. The number of phenols is 1. The molecule has 0 aliphatic carbocycles. The van der Waals surface area contributed by atoms with Gasteiger partial charge in [-0.15, -0.1) is 0 Å². The zero-order valence-corrected chi connectivity index (χ0v) is 7.66. The van der Waals surface area contributed by atoms with Crippen molar-refractivity contribution < 1.29 is 5.11 Å². The molecular formula is C11H15NO. The SMILES string of the molecule is Oc1ccc([C@@H]2CCCCN2)cc1. The van der Waals surface area contributed by atoms with Crippen molar-refractivity contribution >= 4 is 0 Å². The van der Waals surface area contributed by atoms with Crippen LogP contribution in [-0.4, -0.2) is 11.7 Å². The van der Waals surface area contributed by atoms with Crippen LogP contribution >= 0.6 is 0 Å². The summed E-state index contributed by atoms with van der Waals surface area (Å²) < 4.78 is 0. The van der Waals surface area contributed by atoms with Crippen LogP contribution in [0.3, 0.4) is 0 Å². The third kappa shape index (κ3) is 2.01. The number of piperidine rings is 1. The molecule has 1 aliphatic rings. The maximum Gasteiger partial charge on any atom is 0.115 e. The second kappa shape index (κ2) is 3.79. The van der Waals surface area contributed by atoms with Crippen molar-refractivity contribution in [2.45, 2.75) is 25.3 Å². The third-order valence-corrected chi connectivity index (χ3v) is 2.61. The van der Waals surface area contributed by atoms with E-state index in [2.05, 4.69) is 5.32 Å². The third-order valence-electron chi connectivity index (χ3n) is 2.61. The summed E-state index contributed by atoms with van der Waals surface area (Å²) in [6.07, 6.45) is 3.80. The topological polar surface area (TPSA) is 32.3 Å². The second-order valence-corrected chi connectivity index (χ2v) is 3.59. The van der Waals surface area contributed by atoms with E-state index in [0.29, 0.717) is 11.8 Å². The summed E-state index contributed by atoms with van der Waals surface area (Å²) in [4.78, 5) is 0. The number of nitrogens with one attached hydrogen (secondary N) is 1. The lowest BCUT2D eigenvalue weighted by Crippen LogP contribution is -2.26. The summed E-state index contributed by atoms with van der Waals surface area (Å²) in [5.74, 6) is 0.347. The minimum absolute atomic E-state index is 0.347. The lowest BCUT2D eigenvalue weighted by atomic mass is 9.98. The first kappa shape index (κ1) is 8.57. The zero-order chi connectivity index (χ0) is 9.10. The summed E-state index contributed by atoms with van der Waals surface area (Å²) in [6.45, 7) is 1.12. The summed E-state index contributed by atoms with van der Waals surface area (Å²) in [5.41, 5.74) is 1.29. The fourth-order valence-corrected chi connectivity index (χ4v) is 1.84. The maximum atomic E-state index is 9.13. The van der Waals surface area contributed by atoms with Crippen molar-refractivity contribution in [1.82, 2.24) is 5.32 Å². The van der Waals surface area contributed by atoms with Crippen LogP contribution in [0.4, 0.5) is 0 Å². The standard InChI is InChI=1S/C11H15NO/c13-10-6-4-9(5-7-10)11-3-1-2-8-12-11/h4-7,11-13H,1-3,8H2/t11-/m0/s1. The van der Waals surface area contributed by atoms with E-state index in [-0.39, 0.29) is 0 Å². The van der Waals surface area contributed by atoms with Gasteiger partial charge in [0.05, 0.1) is 0 Å². The van der Waals surface area contributed by atoms with E-state index >= 15 is 0 Å². The molecular weight excluding hydrogens is 162 g/mol.